The average Bonchev–Trinajstić information content (AvgIpc) is 2.34. The van der Waals surface area contributed by atoms with Gasteiger partial charge in [0.2, 0.25) is 0 Å². The van der Waals surface area contributed by atoms with Gasteiger partial charge in [-0.15, -0.1) is 0 Å². The van der Waals surface area contributed by atoms with E-state index in [2.05, 4.69) is 29.2 Å². The van der Waals surface area contributed by atoms with E-state index in [1.807, 2.05) is 18.2 Å². The van der Waals surface area contributed by atoms with Crippen molar-refractivity contribution in [3.63, 3.8) is 0 Å². The van der Waals surface area contributed by atoms with Gasteiger partial charge in [0, 0.05) is 37.2 Å². The summed E-state index contributed by atoms with van der Waals surface area (Å²) < 4.78 is 0. The number of likely N-dealkylation sites (N-methyl/N-ethyl adjacent to an activating group) is 2. The summed E-state index contributed by atoms with van der Waals surface area (Å²) in [7, 11) is 4.33. The number of rotatable bonds is 3. The molecule has 1 aromatic carbocycles. The molecular formula is C13H21ClN4. The fourth-order valence-corrected chi connectivity index (χ4v) is 2.40. The van der Waals surface area contributed by atoms with Gasteiger partial charge in [0.15, 0.2) is 0 Å². The lowest BCUT2D eigenvalue weighted by Crippen LogP contribution is -2.52. The Morgan fingerprint density at radius 3 is 2.94 bits per heavy atom. The Morgan fingerprint density at radius 1 is 1.39 bits per heavy atom. The van der Waals surface area contributed by atoms with E-state index in [4.69, 9.17) is 17.3 Å². The smallest absolute Gasteiger partial charge is 0.0589 e. The van der Waals surface area contributed by atoms with E-state index >= 15 is 0 Å². The second-order valence-electron chi connectivity index (χ2n) is 5.01. The Labute approximate surface area is 114 Å². The molecule has 5 heteroatoms. The number of nitrogen functional groups attached to an aromatic ring is 1. The van der Waals surface area contributed by atoms with Crippen LogP contribution in [-0.4, -0.2) is 56.1 Å². The molecule has 0 aromatic heterocycles. The third-order valence-corrected chi connectivity index (χ3v) is 3.76. The molecule has 0 saturated carbocycles. The minimum atomic E-state index is 0.502. The van der Waals surface area contributed by atoms with Crippen LogP contribution in [0.5, 0.6) is 0 Å². The first kappa shape index (κ1) is 13.5. The van der Waals surface area contributed by atoms with Crippen molar-refractivity contribution in [2.75, 3.05) is 51.3 Å². The van der Waals surface area contributed by atoms with Crippen molar-refractivity contribution in [1.29, 1.82) is 0 Å². The highest BCUT2D eigenvalue weighted by molar-refractivity contribution is 6.31. The fourth-order valence-electron chi connectivity index (χ4n) is 2.23. The molecule has 100 valence electrons. The van der Waals surface area contributed by atoms with Gasteiger partial charge in [-0.05, 0) is 32.3 Å². The third kappa shape index (κ3) is 3.28. The molecule has 4 nitrogen and oxygen atoms in total. The second kappa shape index (κ2) is 5.78. The summed E-state index contributed by atoms with van der Waals surface area (Å²) in [5, 5.41) is 4.11. The number of hydrogen-bond donors (Lipinski definition) is 2. The number of anilines is 2. The molecule has 2 rings (SSSR count). The summed E-state index contributed by atoms with van der Waals surface area (Å²) >= 11 is 5.98. The molecule has 0 radical (unpaired) electrons. The van der Waals surface area contributed by atoms with E-state index in [9.17, 15) is 0 Å². The van der Waals surface area contributed by atoms with Crippen molar-refractivity contribution < 1.29 is 0 Å². The molecule has 0 amide bonds. The van der Waals surface area contributed by atoms with E-state index in [1.54, 1.807) is 0 Å². The van der Waals surface area contributed by atoms with Crippen LogP contribution in [0.4, 0.5) is 11.4 Å². The molecule has 3 N–H and O–H groups in total. The van der Waals surface area contributed by atoms with Crippen molar-refractivity contribution in [2.24, 2.45) is 0 Å². The lowest BCUT2D eigenvalue weighted by molar-refractivity contribution is 0.122. The summed E-state index contributed by atoms with van der Waals surface area (Å²) in [5.41, 5.74) is 7.58. The van der Waals surface area contributed by atoms with E-state index in [0.29, 0.717) is 11.1 Å². The van der Waals surface area contributed by atoms with Gasteiger partial charge in [-0.2, -0.15) is 0 Å². The van der Waals surface area contributed by atoms with Gasteiger partial charge < -0.3 is 16.0 Å². The number of nitrogens with one attached hydrogen (secondary N) is 1. The largest absolute Gasteiger partial charge is 0.397 e. The van der Waals surface area contributed by atoms with Gasteiger partial charge in [-0.25, -0.2) is 0 Å². The van der Waals surface area contributed by atoms with Gasteiger partial charge in [-0.1, -0.05) is 11.6 Å². The van der Waals surface area contributed by atoms with E-state index in [-0.39, 0.29) is 0 Å². The standard InChI is InChI=1S/C13H21ClN4/c1-17-5-6-18(2)11(9-17)8-16-13-7-10(14)3-4-12(13)15/h3-4,7,11,16H,5-6,8-9,15H2,1-2H3. The summed E-state index contributed by atoms with van der Waals surface area (Å²) in [6.07, 6.45) is 0. The van der Waals surface area contributed by atoms with Crippen LogP contribution in [0, 0.1) is 0 Å². The SMILES string of the molecule is CN1CCN(C)C(CNc2cc(Cl)ccc2N)C1. The van der Waals surface area contributed by atoms with Gasteiger partial charge in [0.05, 0.1) is 11.4 Å². The molecule has 1 aliphatic rings. The van der Waals surface area contributed by atoms with Crippen LogP contribution >= 0.6 is 11.6 Å². The maximum atomic E-state index is 5.98. The molecule has 1 aromatic rings. The molecule has 1 saturated heterocycles. The predicted molar refractivity (Wildman–Crippen MR) is 78.3 cm³/mol. The first-order chi connectivity index (χ1) is 8.56. The minimum absolute atomic E-state index is 0.502. The molecule has 0 spiro atoms. The van der Waals surface area contributed by atoms with Crippen molar-refractivity contribution >= 4 is 23.0 Å². The van der Waals surface area contributed by atoms with Crippen LogP contribution in [0.1, 0.15) is 0 Å². The Morgan fingerprint density at radius 2 is 2.17 bits per heavy atom. The zero-order valence-corrected chi connectivity index (χ0v) is 11.7. The minimum Gasteiger partial charge on any atom is -0.397 e. The summed E-state index contributed by atoms with van der Waals surface area (Å²) in [6.45, 7) is 4.19. The lowest BCUT2D eigenvalue weighted by atomic mass is 10.1. The normalized spacial score (nSPS) is 22.1. The highest BCUT2D eigenvalue weighted by Gasteiger charge is 2.21. The quantitative estimate of drug-likeness (QED) is 0.817. The maximum absolute atomic E-state index is 5.98. The highest BCUT2D eigenvalue weighted by atomic mass is 35.5. The Hall–Kier alpha value is -0.970. The number of halogens is 1. The van der Waals surface area contributed by atoms with Crippen LogP contribution in [0.15, 0.2) is 18.2 Å². The zero-order valence-electron chi connectivity index (χ0n) is 11.0. The average molecular weight is 269 g/mol. The number of piperazine rings is 1. The number of benzene rings is 1. The van der Waals surface area contributed by atoms with Gasteiger partial charge in [-0.3, -0.25) is 4.90 Å². The Kier molecular flexibility index (Phi) is 4.32. The van der Waals surface area contributed by atoms with Gasteiger partial charge >= 0.3 is 0 Å². The topological polar surface area (TPSA) is 44.5 Å². The molecule has 0 aliphatic carbocycles. The summed E-state index contributed by atoms with van der Waals surface area (Å²) in [6, 6.07) is 6.02. The number of nitrogens with two attached hydrogens (primary N) is 1. The van der Waals surface area contributed by atoms with Crippen LogP contribution in [-0.2, 0) is 0 Å². The van der Waals surface area contributed by atoms with Crippen molar-refractivity contribution in [1.82, 2.24) is 9.80 Å². The van der Waals surface area contributed by atoms with Crippen molar-refractivity contribution in [3.8, 4) is 0 Å². The Balaban J connectivity index is 1.96. The van der Waals surface area contributed by atoms with Crippen molar-refractivity contribution in [3.05, 3.63) is 23.2 Å². The lowest BCUT2D eigenvalue weighted by Gasteiger charge is -2.38. The molecule has 1 aliphatic heterocycles. The second-order valence-corrected chi connectivity index (χ2v) is 5.45. The highest BCUT2D eigenvalue weighted by Crippen LogP contribution is 2.23. The molecule has 1 heterocycles. The molecular weight excluding hydrogens is 248 g/mol. The number of nitrogens with zero attached hydrogens (tertiary/aromatic N) is 2. The van der Waals surface area contributed by atoms with E-state index < -0.39 is 0 Å². The van der Waals surface area contributed by atoms with Crippen molar-refractivity contribution in [2.45, 2.75) is 6.04 Å². The number of hydrogen-bond acceptors (Lipinski definition) is 4. The molecule has 1 atom stereocenters. The van der Waals surface area contributed by atoms with Crippen LogP contribution in [0.3, 0.4) is 0 Å². The first-order valence-electron chi connectivity index (χ1n) is 6.24. The maximum Gasteiger partial charge on any atom is 0.0589 e. The van der Waals surface area contributed by atoms with Crippen LogP contribution < -0.4 is 11.1 Å². The van der Waals surface area contributed by atoms with E-state index in [0.717, 1.165) is 37.6 Å². The molecule has 0 bridgehead atoms. The monoisotopic (exact) mass is 268 g/mol. The summed E-state index contributed by atoms with van der Waals surface area (Å²) in [5.74, 6) is 0. The van der Waals surface area contributed by atoms with E-state index in [1.165, 1.54) is 0 Å². The predicted octanol–water partition coefficient (Wildman–Crippen LogP) is 1.58. The van der Waals surface area contributed by atoms with Crippen LogP contribution in [0.25, 0.3) is 0 Å². The Bertz CT molecular complexity index is 410. The molecule has 1 fully saturated rings. The molecule has 1 unspecified atom stereocenters. The first-order valence-corrected chi connectivity index (χ1v) is 6.62. The fraction of sp³-hybridized carbons (Fsp3) is 0.538. The van der Waals surface area contributed by atoms with Gasteiger partial charge in [0.25, 0.3) is 0 Å². The molecule has 18 heavy (non-hydrogen) atoms. The van der Waals surface area contributed by atoms with Gasteiger partial charge in [0.1, 0.15) is 0 Å². The zero-order chi connectivity index (χ0) is 13.1. The third-order valence-electron chi connectivity index (χ3n) is 3.52. The summed E-state index contributed by atoms with van der Waals surface area (Å²) in [4.78, 5) is 4.74. The van der Waals surface area contributed by atoms with Crippen LogP contribution in [0.2, 0.25) is 5.02 Å².